The molecule has 0 fully saturated rings. The number of hydrogen-bond donors (Lipinski definition) is 0. The monoisotopic (exact) mass is 200 g/mol. The van der Waals surface area contributed by atoms with Crippen molar-refractivity contribution >= 4 is 6.08 Å². The Morgan fingerprint density at radius 2 is 1.73 bits per heavy atom. The lowest BCUT2D eigenvalue weighted by Crippen LogP contribution is -1.94. The minimum Gasteiger partial charge on any atom is -0.0626 e. The third kappa shape index (κ3) is 1.99. The molecule has 0 aliphatic heterocycles. The van der Waals surface area contributed by atoms with E-state index in [1.165, 1.54) is 16.7 Å². The van der Waals surface area contributed by atoms with Crippen molar-refractivity contribution in [3.8, 4) is 0 Å². The van der Waals surface area contributed by atoms with Crippen LogP contribution in [-0.4, -0.2) is 0 Å². The Balaban J connectivity index is 2.31. The molecular weight excluding hydrogens is 180 g/mol. The second kappa shape index (κ2) is 3.84. The average molecular weight is 200 g/mol. The lowest BCUT2D eigenvalue weighted by atomic mass is 9.97. The van der Waals surface area contributed by atoms with E-state index in [1.54, 1.807) is 5.57 Å². The summed E-state index contributed by atoms with van der Waals surface area (Å²) in [5, 5.41) is 0. The number of benzene rings is 1. The van der Waals surface area contributed by atoms with Crippen molar-refractivity contribution in [3.63, 3.8) is 0 Å². The van der Waals surface area contributed by atoms with E-state index in [4.69, 9.17) is 0 Å². The molecule has 0 spiro atoms. The molecule has 0 nitrogen and oxygen atoms in total. The van der Waals surface area contributed by atoms with Crippen molar-refractivity contribution < 1.29 is 0 Å². The van der Waals surface area contributed by atoms with E-state index in [1.807, 2.05) is 0 Å². The highest BCUT2D eigenvalue weighted by Crippen LogP contribution is 2.31. The van der Waals surface area contributed by atoms with Gasteiger partial charge in [-0.15, -0.1) is 0 Å². The fourth-order valence-corrected chi connectivity index (χ4v) is 2.12. The molecule has 0 atom stereocenters. The maximum atomic E-state index is 2.38. The van der Waals surface area contributed by atoms with Crippen molar-refractivity contribution in [2.75, 3.05) is 0 Å². The van der Waals surface area contributed by atoms with Gasteiger partial charge in [0.25, 0.3) is 0 Å². The minimum absolute atomic E-state index is 0.637. The summed E-state index contributed by atoms with van der Waals surface area (Å²) in [6.45, 7) is 9.07. The highest BCUT2D eigenvalue weighted by Gasteiger charge is 2.15. The van der Waals surface area contributed by atoms with Crippen LogP contribution in [0.1, 0.15) is 50.3 Å². The van der Waals surface area contributed by atoms with Gasteiger partial charge >= 0.3 is 0 Å². The molecule has 0 heteroatoms. The van der Waals surface area contributed by atoms with Gasteiger partial charge < -0.3 is 0 Å². The van der Waals surface area contributed by atoms with Crippen LogP contribution in [0.15, 0.2) is 23.8 Å². The van der Waals surface area contributed by atoms with E-state index < -0.39 is 0 Å². The minimum atomic E-state index is 0.637. The van der Waals surface area contributed by atoms with Crippen LogP contribution in [0.5, 0.6) is 0 Å². The van der Waals surface area contributed by atoms with Crippen molar-refractivity contribution in [1.29, 1.82) is 0 Å². The number of allylic oxidation sites excluding steroid dienone is 1. The zero-order valence-electron chi connectivity index (χ0n) is 10.2. The van der Waals surface area contributed by atoms with E-state index in [0.717, 1.165) is 6.42 Å². The highest BCUT2D eigenvalue weighted by molar-refractivity contribution is 5.64. The SMILES string of the molecule is CC(C)C1=Cc2ccc(C(C)C)cc2C1. The largest absolute Gasteiger partial charge is 0.0626 e. The number of fused-ring (bicyclic) bond motifs is 1. The van der Waals surface area contributed by atoms with Gasteiger partial charge in [0, 0.05) is 0 Å². The normalized spacial score (nSPS) is 14.7. The average Bonchev–Trinajstić information content (AvgIpc) is 2.59. The first-order chi connectivity index (χ1) is 7.08. The lowest BCUT2D eigenvalue weighted by Gasteiger charge is -2.08. The first kappa shape index (κ1) is 10.5. The van der Waals surface area contributed by atoms with E-state index >= 15 is 0 Å². The van der Waals surface area contributed by atoms with E-state index in [-0.39, 0.29) is 0 Å². The molecular formula is C15H20. The Labute approximate surface area is 93.0 Å². The Bertz CT molecular complexity index is 394. The van der Waals surface area contributed by atoms with Crippen LogP contribution in [-0.2, 0) is 6.42 Å². The standard InChI is InChI=1S/C15H20/c1-10(2)12-5-6-13-8-14(11(3)4)9-15(13)7-12/h5-8,10-11H,9H2,1-4H3. The summed E-state index contributed by atoms with van der Waals surface area (Å²) in [6, 6.07) is 6.93. The first-order valence-electron chi connectivity index (χ1n) is 5.91. The van der Waals surface area contributed by atoms with Crippen LogP contribution in [0.2, 0.25) is 0 Å². The number of rotatable bonds is 2. The second-order valence-corrected chi connectivity index (χ2v) is 5.16. The first-order valence-corrected chi connectivity index (χ1v) is 5.91. The summed E-state index contributed by atoms with van der Waals surface area (Å²) in [5.41, 5.74) is 5.99. The zero-order valence-corrected chi connectivity index (χ0v) is 10.2. The Kier molecular flexibility index (Phi) is 2.68. The third-order valence-corrected chi connectivity index (χ3v) is 3.31. The van der Waals surface area contributed by atoms with Crippen molar-refractivity contribution in [2.45, 2.75) is 40.0 Å². The predicted molar refractivity (Wildman–Crippen MR) is 67.1 cm³/mol. The summed E-state index contributed by atoms with van der Waals surface area (Å²) >= 11 is 0. The van der Waals surface area contributed by atoms with Gasteiger partial charge in [-0.25, -0.2) is 0 Å². The molecule has 0 saturated heterocycles. The third-order valence-electron chi connectivity index (χ3n) is 3.31. The van der Waals surface area contributed by atoms with Gasteiger partial charge in [0.15, 0.2) is 0 Å². The van der Waals surface area contributed by atoms with E-state index in [9.17, 15) is 0 Å². The quantitative estimate of drug-likeness (QED) is 0.663. The topological polar surface area (TPSA) is 0 Å². The van der Waals surface area contributed by atoms with Crippen LogP contribution < -0.4 is 0 Å². The molecule has 1 aliphatic rings. The predicted octanol–water partition coefficient (Wildman–Crippen LogP) is 4.41. The highest BCUT2D eigenvalue weighted by atomic mass is 14.2. The molecule has 1 aromatic rings. The van der Waals surface area contributed by atoms with Crippen molar-refractivity contribution in [2.24, 2.45) is 5.92 Å². The molecule has 0 N–H and O–H groups in total. The maximum absolute atomic E-state index is 2.38. The van der Waals surface area contributed by atoms with Gasteiger partial charge in [0.05, 0.1) is 0 Å². The maximum Gasteiger partial charge on any atom is -0.00552 e. The fourth-order valence-electron chi connectivity index (χ4n) is 2.12. The zero-order chi connectivity index (χ0) is 11.0. The summed E-state index contributed by atoms with van der Waals surface area (Å²) in [6.07, 6.45) is 3.53. The summed E-state index contributed by atoms with van der Waals surface area (Å²) in [4.78, 5) is 0. The molecule has 0 amide bonds. The van der Waals surface area contributed by atoms with E-state index in [0.29, 0.717) is 11.8 Å². The number of hydrogen-bond acceptors (Lipinski definition) is 0. The Morgan fingerprint density at radius 1 is 1.00 bits per heavy atom. The summed E-state index contributed by atoms with van der Waals surface area (Å²) in [5.74, 6) is 1.32. The molecule has 1 aromatic carbocycles. The Hall–Kier alpha value is -1.04. The molecule has 1 aliphatic carbocycles. The van der Waals surface area contributed by atoms with Gasteiger partial charge in [-0.3, -0.25) is 0 Å². The van der Waals surface area contributed by atoms with Gasteiger partial charge in [0.1, 0.15) is 0 Å². The molecule has 2 rings (SSSR count). The van der Waals surface area contributed by atoms with Crippen molar-refractivity contribution in [3.05, 3.63) is 40.5 Å². The smallest absolute Gasteiger partial charge is 0.00552 e. The second-order valence-electron chi connectivity index (χ2n) is 5.16. The molecule has 80 valence electrons. The van der Waals surface area contributed by atoms with Crippen molar-refractivity contribution in [1.82, 2.24) is 0 Å². The van der Waals surface area contributed by atoms with Gasteiger partial charge in [-0.1, -0.05) is 57.5 Å². The lowest BCUT2D eigenvalue weighted by molar-refractivity contribution is 0.754. The van der Waals surface area contributed by atoms with Gasteiger partial charge in [0.2, 0.25) is 0 Å². The van der Waals surface area contributed by atoms with Gasteiger partial charge in [-0.05, 0) is 34.9 Å². The molecule has 15 heavy (non-hydrogen) atoms. The van der Waals surface area contributed by atoms with Crippen LogP contribution in [0, 0.1) is 5.92 Å². The van der Waals surface area contributed by atoms with Gasteiger partial charge in [-0.2, -0.15) is 0 Å². The molecule has 0 heterocycles. The van der Waals surface area contributed by atoms with Crippen LogP contribution in [0.3, 0.4) is 0 Å². The summed E-state index contributed by atoms with van der Waals surface area (Å²) < 4.78 is 0. The van der Waals surface area contributed by atoms with Crippen LogP contribution in [0.25, 0.3) is 6.08 Å². The van der Waals surface area contributed by atoms with Crippen LogP contribution in [0.4, 0.5) is 0 Å². The van der Waals surface area contributed by atoms with Crippen LogP contribution >= 0.6 is 0 Å². The van der Waals surface area contributed by atoms with E-state index in [2.05, 4.69) is 52.0 Å². The Morgan fingerprint density at radius 3 is 2.33 bits per heavy atom. The summed E-state index contributed by atoms with van der Waals surface area (Å²) in [7, 11) is 0. The molecule has 0 saturated carbocycles. The molecule has 0 aromatic heterocycles. The molecule has 0 bridgehead atoms. The molecule has 0 unspecified atom stereocenters. The fraction of sp³-hybridized carbons (Fsp3) is 0.467. The molecule has 0 radical (unpaired) electrons.